The van der Waals surface area contributed by atoms with Gasteiger partial charge in [0.1, 0.15) is 0 Å². The average molecular weight is 252 g/mol. The highest BCUT2D eigenvalue weighted by Gasteiger charge is 2.22. The first-order valence-corrected chi connectivity index (χ1v) is 7.03. The van der Waals surface area contributed by atoms with E-state index < -0.39 is 0 Å². The van der Waals surface area contributed by atoms with Crippen molar-refractivity contribution in [2.24, 2.45) is 0 Å². The zero-order chi connectivity index (χ0) is 12.3. The number of hydrogen-bond donors (Lipinski definition) is 1. The molecule has 1 fully saturated rings. The molecule has 0 heterocycles. The topological polar surface area (TPSA) is 12.0 Å². The predicted molar refractivity (Wildman–Crippen MR) is 74.7 cm³/mol. The van der Waals surface area contributed by atoms with Crippen LogP contribution in [0.4, 0.5) is 0 Å². The molecule has 1 nitrogen and oxygen atoms in total. The van der Waals surface area contributed by atoms with Crippen molar-refractivity contribution in [2.75, 3.05) is 0 Å². The van der Waals surface area contributed by atoms with Gasteiger partial charge in [-0.3, -0.25) is 0 Å². The van der Waals surface area contributed by atoms with Gasteiger partial charge in [-0.05, 0) is 32.3 Å². The number of rotatable bonds is 3. The molecule has 1 N–H and O–H groups in total. The zero-order valence-electron chi connectivity index (χ0n) is 10.8. The second-order valence-electron chi connectivity index (χ2n) is 5.28. The maximum atomic E-state index is 6.35. The fourth-order valence-corrected chi connectivity index (χ4v) is 3.10. The van der Waals surface area contributed by atoms with Gasteiger partial charge >= 0.3 is 0 Å². The van der Waals surface area contributed by atoms with Crippen molar-refractivity contribution < 1.29 is 0 Å². The maximum absolute atomic E-state index is 6.35. The largest absolute Gasteiger partial charge is 0.308 e. The van der Waals surface area contributed by atoms with Crippen LogP contribution in [0, 0.1) is 13.8 Å². The Labute approximate surface area is 110 Å². The highest BCUT2D eigenvalue weighted by molar-refractivity contribution is 6.21. The lowest BCUT2D eigenvalue weighted by atomic mass is 9.94. The molecule has 2 atom stereocenters. The maximum Gasteiger partial charge on any atom is 0.0489 e. The Balaban J connectivity index is 1.92. The van der Waals surface area contributed by atoms with Crippen LogP contribution in [0.15, 0.2) is 18.2 Å². The molecule has 2 heteroatoms. The van der Waals surface area contributed by atoms with Crippen molar-refractivity contribution in [3.63, 3.8) is 0 Å². The van der Waals surface area contributed by atoms with Crippen molar-refractivity contribution >= 4 is 11.6 Å². The molecule has 17 heavy (non-hydrogen) atoms. The minimum absolute atomic E-state index is 0.314. The predicted octanol–water partition coefficient (Wildman–Crippen LogP) is 3.94. The van der Waals surface area contributed by atoms with E-state index in [1.54, 1.807) is 0 Å². The Morgan fingerprint density at radius 2 is 1.76 bits per heavy atom. The normalized spacial score (nSPS) is 24.9. The van der Waals surface area contributed by atoms with E-state index in [0.717, 1.165) is 13.0 Å². The van der Waals surface area contributed by atoms with Crippen molar-refractivity contribution in [3.8, 4) is 0 Å². The quantitative estimate of drug-likeness (QED) is 0.803. The summed E-state index contributed by atoms with van der Waals surface area (Å²) in [5, 5.41) is 3.92. The minimum atomic E-state index is 0.314. The monoisotopic (exact) mass is 251 g/mol. The van der Waals surface area contributed by atoms with Crippen LogP contribution in [0.3, 0.4) is 0 Å². The number of aryl methyl sites for hydroxylation is 2. The van der Waals surface area contributed by atoms with Crippen molar-refractivity contribution in [2.45, 2.75) is 57.5 Å². The van der Waals surface area contributed by atoms with Gasteiger partial charge in [-0.2, -0.15) is 0 Å². The molecule has 0 aliphatic heterocycles. The fraction of sp³-hybridized carbons (Fsp3) is 0.600. The van der Waals surface area contributed by atoms with Gasteiger partial charge in [-0.1, -0.05) is 42.2 Å². The highest BCUT2D eigenvalue weighted by atomic mass is 35.5. The molecule has 0 spiro atoms. The van der Waals surface area contributed by atoms with Crippen LogP contribution in [0.2, 0.25) is 0 Å². The SMILES string of the molecule is Cc1cc(C)cc(CNC2CCCCC2Cl)c1. The molecule has 0 radical (unpaired) electrons. The number of alkyl halides is 1. The molecule has 1 aliphatic rings. The summed E-state index contributed by atoms with van der Waals surface area (Å²) in [4.78, 5) is 0. The Hall–Kier alpha value is -0.530. The first-order valence-electron chi connectivity index (χ1n) is 6.60. The van der Waals surface area contributed by atoms with E-state index in [1.165, 1.54) is 36.0 Å². The summed E-state index contributed by atoms with van der Waals surface area (Å²) in [6.45, 7) is 5.25. The Morgan fingerprint density at radius 1 is 1.12 bits per heavy atom. The molecule has 0 amide bonds. The number of benzene rings is 1. The smallest absolute Gasteiger partial charge is 0.0489 e. The van der Waals surface area contributed by atoms with E-state index in [2.05, 4.69) is 37.4 Å². The van der Waals surface area contributed by atoms with Gasteiger partial charge in [0.25, 0.3) is 0 Å². The molecule has 0 aromatic heterocycles. The van der Waals surface area contributed by atoms with Crippen LogP contribution >= 0.6 is 11.6 Å². The number of halogens is 1. The third-order valence-electron chi connectivity index (χ3n) is 3.53. The van der Waals surface area contributed by atoms with Crippen molar-refractivity contribution in [1.82, 2.24) is 5.32 Å². The summed E-state index contributed by atoms with van der Waals surface area (Å²) in [5.41, 5.74) is 4.05. The molecular weight excluding hydrogens is 230 g/mol. The fourth-order valence-electron chi connectivity index (χ4n) is 2.74. The second-order valence-corrected chi connectivity index (χ2v) is 5.84. The lowest BCUT2D eigenvalue weighted by Gasteiger charge is -2.28. The second kappa shape index (κ2) is 5.88. The van der Waals surface area contributed by atoms with Crippen LogP contribution in [-0.2, 0) is 6.54 Å². The zero-order valence-corrected chi connectivity index (χ0v) is 11.6. The molecule has 1 saturated carbocycles. The Kier molecular flexibility index (Phi) is 4.47. The standard InChI is InChI=1S/C15H22ClN/c1-11-7-12(2)9-13(8-11)10-17-15-6-4-3-5-14(15)16/h7-9,14-15,17H,3-6,10H2,1-2H3. The van der Waals surface area contributed by atoms with Crippen molar-refractivity contribution in [1.29, 1.82) is 0 Å². The van der Waals surface area contributed by atoms with E-state index in [-0.39, 0.29) is 0 Å². The van der Waals surface area contributed by atoms with E-state index >= 15 is 0 Å². The lowest BCUT2D eigenvalue weighted by Crippen LogP contribution is -2.38. The third kappa shape index (κ3) is 3.72. The van der Waals surface area contributed by atoms with E-state index in [1.807, 2.05) is 0 Å². The van der Waals surface area contributed by atoms with Crippen LogP contribution in [0.25, 0.3) is 0 Å². The Morgan fingerprint density at radius 3 is 2.41 bits per heavy atom. The van der Waals surface area contributed by atoms with E-state index in [9.17, 15) is 0 Å². The molecular formula is C15H22ClN. The summed E-state index contributed by atoms with van der Waals surface area (Å²) in [6.07, 6.45) is 4.98. The summed E-state index contributed by atoms with van der Waals surface area (Å²) in [5.74, 6) is 0. The van der Waals surface area contributed by atoms with Gasteiger partial charge in [0.15, 0.2) is 0 Å². The van der Waals surface area contributed by atoms with Gasteiger partial charge in [0.2, 0.25) is 0 Å². The molecule has 2 unspecified atom stereocenters. The van der Waals surface area contributed by atoms with Crippen LogP contribution < -0.4 is 5.32 Å². The molecule has 1 aromatic rings. The lowest BCUT2D eigenvalue weighted by molar-refractivity contribution is 0.378. The highest BCUT2D eigenvalue weighted by Crippen LogP contribution is 2.23. The molecule has 1 aliphatic carbocycles. The van der Waals surface area contributed by atoms with Gasteiger partial charge in [-0.25, -0.2) is 0 Å². The van der Waals surface area contributed by atoms with Gasteiger partial charge < -0.3 is 5.32 Å². The summed E-state index contributed by atoms with van der Waals surface area (Å²) < 4.78 is 0. The van der Waals surface area contributed by atoms with E-state index in [4.69, 9.17) is 11.6 Å². The van der Waals surface area contributed by atoms with E-state index in [0.29, 0.717) is 11.4 Å². The van der Waals surface area contributed by atoms with Gasteiger partial charge in [0.05, 0.1) is 0 Å². The van der Waals surface area contributed by atoms with Gasteiger partial charge in [-0.15, -0.1) is 11.6 Å². The average Bonchev–Trinajstić information content (AvgIpc) is 2.27. The molecule has 0 bridgehead atoms. The van der Waals surface area contributed by atoms with Crippen LogP contribution in [0.1, 0.15) is 42.4 Å². The first-order chi connectivity index (χ1) is 8.15. The van der Waals surface area contributed by atoms with Crippen molar-refractivity contribution in [3.05, 3.63) is 34.9 Å². The van der Waals surface area contributed by atoms with Crippen LogP contribution in [0.5, 0.6) is 0 Å². The summed E-state index contributed by atoms with van der Waals surface area (Å²) in [7, 11) is 0. The number of nitrogens with one attached hydrogen (secondary N) is 1. The molecule has 0 saturated heterocycles. The molecule has 94 valence electrons. The number of hydrogen-bond acceptors (Lipinski definition) is 1. The summed E-state index contributed by atoms with van der Waals surface area (Å²) >= 11 is 6.35. The minimum Gasteiger partial charge on any atom is -0.308 e. The summed E-state index contributed by atoms with van der Waals surface area (Å²) in [6, 6.07) is 7.22. The van der Waals surface area contributed by atoms with Crippen LogP contribution in [-0.4, -0.2) is 11.4 Å². The third-order valence-corrected chi connectivity index (χ3v) is 4.05. The Bertz CT molecular complexity index is 355. The first kappa shape index (κ1) is 12.9. The molecule has 1 aromatic carbocycles. The van der Waals surface area contributed by atoms with Gasteiger partial charge in [0, 0.05) is 18.0 Å². The molecule has 2 rings (SSSR count).